The monoisotopic (exact) mass is 320 g/mol. The van der Waals surface area contributed by atoms with E-state index in [-0.39, 0.29) is 5.91 Å². The second kappa shape index (κ2) is 4.84. The maximum atomic E-state index is 13.2. The number of benzene rings is 1. The van der Waals surface area contributed by atoms with Crippen LogP contribution in [0.4, 0.5) is 5.69 Å². The van der Waals surface area contributed by atoms with Gasteiger partial charge >= 0.3 is 0 Å². The molecule has 0 atom stereocenters. The third-order valence-corrected chi connectivity index (χ3v) is 5.06. The van der Waals surface area contributed by atoms with Crippen molar-refractivity contribution in [2.24, 2.45) is 0 Å². The molecular weight excluding hydrogens is 304 g/mol. The van der Waals surface area contributed by atoms with Crippen LogP contribution in [0.5, 0.6) is 0 Å². The van der Waals surface area contributed by atoms with Crippen LogP contribution in [-0.2, 0) is 16.6 Å². The number of hydrogen-bond donors (Lipinski definition) is 0. The zero-order chi connectivity index (χ0) is 16.1. The Morgan fingerprint density at radius 3 is 2.79 bits per heavy atom. The first-order chi connectivity index (χ1) is 11.8. The molecule has 1 aliphatic heterocycles. The molecule has 0 unspecified atom stereocenters. The van der Waals surface area contributed by atoms with Crippen molar-refractivity contribution in [3.8, 4) is 11.5 Å². The van der Waals surface area contributed by atoms with Crippen LogP contribution in [0.25, 0.3) is 11.5 Å². The Hall–Kier alpha value is -2.82. The third-order valence-electron chi connectivity index (χ3n) is 5.06. The summed E-state index contributed by atoms with van der Waals surface area (Å²) in [6.07, 6.45) is 4.13. The molecule has 1 fully saturated rings. The molecule has 1 aliphatic carbocycles. The molecule has 0 N–H and O–H groups in total. The second-order valence-corrected chi connectivity index (χ2v) is 6.47. The highest BCUT2D eigenvalue weighted by Gasteiger charge is 2.56. The summed E-state index contributed by atoms with van der Waals surface area (Å²) in [5.41, 5.74) is 2.44. The van der Waals surface area contributed by atoms with Crippen molar-refractivity contribution in [2.75, 3.05) is 11.4 Å². The van der Waals surface area contributed by atoms with Gasteiger partial charge in [-0.05, 0) is 43.0 Å². The average Bonchev–Trinajstić information content (AvgIpc) is 3.06. The maximum Gasteiger partial charge on any atom is 0.239 e. The summed E-state index contributed by atoms with van der Waals surface area (Å²) in [6.45, 7) is 0.739. The molecule has 1 amide bonds. The minimum absolute atomic E-state index is 0.131. The SMILES string of the molecule is O=C(N1CCc2ccccc21)C1(c2cc(-c3ccco3)on2)CC1. The molecule has 2 aliphatic rings. The summed E-state index contributed by atoms with van der Waals surface area (Å²) in [5.74, 6) is 1.33. The van der Waals surface area contributed by atoms with Gasteiger partial charge in [0, 0.05) is 18.3 Å². The van der Waals surface area contributed by atoms with Crippen LogP contribution in [0.3, 0.4) is 0 Å². The molecule has 0 radical (unpaired) electrons. The Bertz CT molecular complexity index is 906. The van der Waals surface area contributed by atoms with Crippen LogP contribution in [-0.4, -0.2) is 17.6 Å². The number of hydrogen-bond acceptors (Lipinski definition) is 4. The van der Waals surface area contributed by atoms with Gasteiger partial charge in [0.25, 0.3) is 0 Å². The number of nitrogens with zero attached hydrogens (tertiary/aromatic N) is 2. The van der Waals surface area contributed by atoms with E-state index < -0.39 is 5.41 Å². The molecule has 3 heterocycles. The number of fused-ring (bicyclic) bond motifs is 1. The zero-order valence-corrected chi connectivity index (χ0v) is 13.1. The van der Waals surface area contributed by atoms with Gasteiger partial charge in [-0.3, -0.25) is 4.79 Å². The molecule has 2 aromatic heterocycles. The van der Waals surface area contributed by atoms with Gasteiger partial charge in [-0.1, -0.05) is 23.4 Å². The fourth-order valence-electron chi connectivity index (χ4n) is 3.55. The van der Waals surface area contributed by atoms with Crippen molar-refractivity contribution in [3.63, 3.8) is 0 Å². The van der Waals surface area contributed by atoms with E-state index >= 15 is 0 Å². The molecule has 24 heavy (non-hydrogen) atoms. The lowest BCUT2D eigenvalue weighted by atomic mass is 10.00. The zero-order valence-electron chi connectivity index (χ0n) is 13.1. The number of anilines is 1. The van der Waals surface area contributed by atoms with Crippen LogP contribution in [0.2, 0.25) is 0 Å². The summed E-state index contributed by atoms with van der Waals surface area (Å²) in [6, 6.07) is 13.6. The topological polar surface area (TPSA) is 59.5 Å². The molecule has 0 bridgehead atoms. The van der Waals surface area contributed by atoms with Crippen molar-refractivity contribution in [1.29, 1.82) is 0 Å². The Balaban J connectivity index is 1.47. The van der Waals surface area contributed by atoms with Gasteiger partial charge in [0.1, 0.15) is 0 Å². The summed E-state index contributed by atoms with van der Waals surface area (Å²) >= 11 is 0. The first kappa shape index (κ1) is 13.6. The normalized spacial score (nSPS) is 17.8. The summed E-state index contributed by atoms with van der Waals surface area (Å²) in [7, 11) is 0. The largest absolute Gasteiger partial charge is 0.461 e. The molecule has 5 nitrogen and oxygen atoms in total. The number of furan rings is 1. The number of carbonyl (C=O) groups excluding carboxylic acids is 1. The lowest BCUT2D eigenvalue weighted by molar-refractivity contribution is -0.121. The quantitative estimate of drug-likeness (QED) is 0.740. The fourth-order valence-corrected chi connectivity index (χ4v) is 3.55. The van der Waals surface area contributed by atoms with E-state index in [2.05, 4.69) is 11.2 Å². The van der Waals surface area contributed by atoms with Gasteiger partial charge in [-0.2, -0.15) is 0 Å². The van der Waals surface area contributed by atoms with Gasteiger partial charge in [-0.15, -0.1) is 0 Å². The Labute approximate surface area is 138 Å². The smallest absolute Gasteiger partial charge is 0.239 e. The van der Waals surface area contributed by atoms with Gasteiger partial charge in [-0.25, -0.2) is 0 Å². The van der Waals surface area contributed by atoms with Crippen molar-refractivity contribution < 1.29 is 13.7 Å². The Morgan fingerprint density at radius 2 is 2.00 bits per heavy atom. The average molecular weight is 320 g/mol. The van der Waals surface area contributed by atoms with E-state index in [1.165, 1.54) is 5.56 Å². The van der Waals surface area contributed by atoms with Crippen LogP contribution in [0.1, 0.15) is 24.1 Å². The molecule has 5 heteroatoms. The van der Waals surface area contributed by atoms with E-state index in [0.29, 0.717) is 17.2 Å². The van der Waals surface area contributed by atoms with Gasteiger partial charge in [0.05, 0.1) is 17.4 Å². The van der Waals surface area contributed by atoms with Crippen molar-refractivity contribution >= 4 is 11.6 Å². The Morgan fingerprint density at radius 1 is 1.12 bits per heavy atom. The minimum Gasteiger partial charge on any atom is -0.461 e. The molecule has 1 aromatic carbocycles. The maximum absolute atomic E-state index is 13.2. The first-order valence-corrected chi connectivity index (χ1v) is 8.19. The van der Waals surface area contributed by atoms with Crippen molar-refractivity contribution in [1.82, 2.24) is 5.16 Å². The lowest BCUT2D eigenvalue weighted by Gasteiger charge is -2.22. The fraction of sp³-hybridized carbons (Fsp3) is 0.263. The number of aromatic nitrogens is 1. The summed E-state index contributed by atoms with van der Waals surface area (Å²) in [4.78, 5) is 15.1. The van der Waals surface area contributed by atoms with E-state index in [4.69, 9.17) is 8.94 Å². The molecule has 0 saturated heterocycles. The van der Waals surface area contributed by atoms with Crippen LogP contribution >= 0.6 is 0 Å². The highest BCUT2D eigenvalue weighted by molar-refractivity contribution is 6.04. The Kier molecular flexibility index (Phi) is 2.74. The van der Waals surface area contributed by atoms with Gasteiger partial charge in [0.15, 0.2) is 5.76 Å². The summed E-state index contributed by atoms with van der Waals surface area (Å²) < 4.78 is 10.7. The van der Waals surface area contributed by atoms with Crippen molar-refractivity contribution in [3.05, 3.63) is 60.0 Å². The van der Waals surface area contributed by atoms with Gasteiger partial charge < -0.3 is 13.8 Å². The first-order valence-electron chi connectivity index (χ1n) is 8.19. The highest BCUT2D eigenvalue weighted by atomic mass is 16.5. The molecule has 5 rings (SSSR count). The predicted molar refractivity (Wildman–Crippen MR) is 87.6 cm³/mol. The van der Waals surface area contributed by atoms with E-state index in [1.54, 1.807) is 12.3 Å². The number of para-hydroxylation sites is 1. The molecule has 0 spiro atoms. The van der Waals surface area contributed by atoms with Crippen molar-refractivity contribution in [2.45, 2.75) is 24.7 Å². The number of carbonyl (C=O) groups is 1. The minimum atomic E-state index is -0.536. The standard InChI is InChI=1S/C19H16N2O3/c22-18(21-10-7-13-4-1-2-5-14(13)21)19(8-9-19)17-12-16(24-20-17)15-6-3-11-23-15/h1-6,11-12H,7-10H2. The molecule has 1 saturated carbocycles. The van der Waals surface area contributed by atoms with Gasteiger partial charge in [0.2, 0.25) is 11.7 Å². The van der Waals surface area contributed by atoms with Crippen LogP contribution in [0, 0.1) is 0 Å². The van der Waals surface area contributed by atoms with E-state index in [9.17, 15) is 4.79 Å². The highest BCUT2D eigenvalue weighted by Crippen LogP contribution is 2.51. The summed E-state index contributed by atoms with van der Waals surface area (Å²) in [5, 5.41) is 4.17. The number of amides is 1. The van der Waals surface area contributed by atoms with E-state index in [1.807, 2.05) is 35.2 Å². The van der Waals surface area contributed by atoms with Crippen LogP contribution in [0.15, 0.2) is 57.7 Å². The number of rotatable bonds is 3. The lowest BCUT2D eigenvalue weighted by Crippen LogP contribution is -2.38. The molecule has 120 valence electrons. The predicted octanol–water partition coefficient (Wildman–Crippen LogP) is 3.56. The third kappa shape index (κ3) is 1.87. The van der Waals surface area contributed by atoms with E-state index in [0.717, 1.165) is 31.5 Å². The van der Waals surface area contributed by atoms with Crippen LogP contribution < -0.4 is 4.90 Å². The molecule has 3 aromatic rings. The second-order valence-electron chi connectivity index (χ2n) is 6.47. The molecular formula is C19H16N2O3.